The second-order valence-electron chi connectivity index (χ2n) is 4.30. The average Bonchev–Trinajstić information content (AvgIpc) is 2.36. The molecule has 1 aromatic carbocycles. The number of rotatable bonds is 6. The molecule has 0 aliphatic rings. The number of nitrogens with one attached hydrogen (secondary N) is 1. The zero-order valence-corrected chi connectivity index (χ0v) is 10.2. The van der Waals surface area contributed by atoms with Crippen molar-refractivity contribution in [2.75, 3.05) is 18.5 Å². The van der Waals surface area contributed by atoms with Gasteiger partial charge in [0.05, 0.1) is 11.5 Å². The molecule has 0 fully saturated rings. The summed E-state index contributed by atoms with van der Waals surface area (Å²) < 4.78 is 0. The molecule has 1 rings (SSSR count). The second kappa shape index (κ2) is 5.63. The van der Waals surface area contributed by atoms with E-state index in [-0.39, 0.29) is 12.2 Å². The molecule has 0 saturated carbocycles. The van der Waals surface area contributed by atoms with Crippen LogP contribution in [0.4, 0.5) is 11.4 Å². The Kier molecular flexibility index (Phi) is 4.41. The van der Waals surface area contributed by atoms with Crippen molar-refractivity contribution in [2.24, 2.45) is 0 Å². The van der Waals surface area contributed by atoms with Gasteiger partial charge in [0.15, 0.2) is 0 Å². The van der Waals surface area contributed by atoms with Crippen molar-refractivity contribution in [3.05, 3.63) is 33.9 Å². The van der Waals surface area contributed by atoms with Crippen molar-refractivity contribution < 1.29 is 25.0 Å². The number of benzene rings is 1. The predicted octanol–water partition coefficient (Wildman–Crippen LogP) is 0.448. The first-order valence-corrected chi connectivity index (χ1v) is 5.36. The number of nitro groups is 1. The number of hydrogen-bond donors (Lipinski definition) is 4. The number of carbonyl (C=O) groups is 1. The number of hydrogen-bond acceptors (Lipinski definition) is 6. The Morgan fingerprint density at radius 3 is 2.63 bits per heavy atom. The molecular formula is C11H14N2O6. The molecule has 104 valence electrons. The van der Waals surface area contributed by atoms with Gasteiger partial charge in [-0.3, -0.25) is 10.1 Å². The van der Waals surface area contributed by atoms with Gasteiger partial charge in [-0.25, -0.2) is 4.79 Å². The molecule has 0 bridgehead atoms. The Morgan fingerprint density at radius 2 is 2.16 bits per heavy atom. The van der Waals surface area contributed by atoms with Gasteiger partial charge in [0.25, 0.3) is 5.69 Å². The Bertz CT molecular complexity index is 500. The van der Waals surface area contributed by atoms with E-state index in [9.17, 15) is 20.0 Å². The van der Waals surface area contributed by atoms with Crippen molar-refractivity contribution in [1.29, 1.82) is 0 Å². The SMILES string of the molecule is CC(O)(CO)CNc1ccc(C(=O)O)c([N+](=O)[O-])c1. The third-order valence-electron chi connectivity index (χ3n) is 2.44. The van der Waals surface area contributed by atoms with Gasteiger partial charge >= 0.3 is 5.97 Å². The van der Waals surface area contributed by atoms with E-state index in [0.29, 0.717) is 0 Å². The van der Waals surface area contributed by atoms with Gasteiger partial charge in [-0.05, 0) is 19.1 Å². The van der Waals surface area contributed by atoms with E-state index in [4.69, 9.17) is 10.2 Å². The molecular weight excluding hydrogens is 256 g/mol. The van der Waals surface area contributed by atoms with Gasteiger partial charge in [0, 0.05) is 18.3 Å². The molecule has 0 amide bonds. The lowest BCUT2D eigenvalue weighted by Gasteiger charge is -2.21. The smallest absolute Gasteiger partial charge is 0.342 e. The minimum Gasteiger partial charge on any atom is -0.477 e. The van der Waals surface area contributed by atoms with Gasteiger partial charge < -0.3 is 20.6 Å². The van der Waals surface area contributed by atoms with Gasteiger partial charge in [-0.1, -0.05) is 0 Å². The number of aliphatic hydroxyl groups excluding tert-OH is 1. The lowest BCUT2D eigenvalue weighted by Crippen LogP contribution is -2.37. The summed E-state index contributed by atoms with van der Waals surface area (Å²) >= 11 is 0. The van der Waals surface area contributed by atoms with Crippen molar-refractivity contribution in [2.45, 2.75) is 12.5 Å². The van der Waals surface area contributed by atoms with Crippen LogP contribution in [0.1, 0.15) is 17.3 Å². The highest BCUT2D eigenvalue weighted by atomic mass is 16.6. The van der Waals surface area contributed by atoms with Crippen LogP contribution >= 0.6 is 0 Å². The minimum absolute atomic E-state index is 0.0347. The molecule has 0 aliphatic carbocycles. The summed E-state index contributed by atoms with van der Waals surface area (Å²) in [4.78, 5) is 20.8. The van der Waals surface area contributed by atoms with E-state index in [1.165, 1.54) is 13.0 Å². The van der Waals surface area contributed by atoms with Crippen LogP contribution in [0.3, 0.4) is 0 Å². The fourth-order valence-corrected chi connectivity index (χ4v) is 1.32. The van der Waals surface area contributed by atoms with Crippen molar-refractivity contribution in [3.8, 4) is 0 Å². The first-order chi connectivity index (χ1) is 8.76. The van der Waals surface area contributed by atoms with E-state index in [1.807, 2.05) is 0 Å². The van der Waals surface area contributed by atoms with Crippen LogP contribution in [0.15, 0.2) is 18.2 Å². The molecule has 4 N–H and O–H groups in total. The van der Waals surface area contributed by atoms with E-state index in [0.717, 1.165) is 12.1 Å². The fourth-order valence-electron chi connectivity index (χ4n) is 1.32. The Balaban J connectivity index is 2.97. The molecule has 19 heavy (non-hydrogen) atoms. The topological polar surface area (TPSA) is 133 Å². The van der Waals surface area contributed by atoms with E-state index in [2.05, 4.69) is 5.32 Å². The number of carboxylic acids is 1. The van der Waals surface area contributed by atoms with Crippen LogP contribution < -0.4 is 5.32 Å². The zero-order valence-electron chi connectivity index (χ0n) is 10.2. The summed E-state index contributed by atoms with van der Waals surface area (Å²) in [6, 6.07) is 3.53. The maximum atomic E-state index is 10.8. The molecule has 0 aromatic heterocycles. The minimum atomic E-state index is -1.39. The van der Waals surface area contributed by atoms with Gasteiger partial charge in [-0.15, -0.1) is 0 Å². The number of carboxylic acid groups (broad SMARTS) is 1. The van der Waals surface area contributed by atoms with Crippen LogP contribution in [-0.2, 0) is 0 Å². The van der Waals surface area contributed by atoms with E-state index >= 15 is 0 Å². The van der Waals surface area contributed by atoms with E-state index < -0.39 is 34.4 Å². The summed E-state index contributed by atoms with van der Waals surface area (Å²) in [5.41, 5.74) is -2.05. The molecule has 0 aliphatic heterocycles. The maximum absolute atomic E-state index is 10.8. The van der Waals surface area contributed by atoms with Gasteiger partial charge in [0.1, 0.15) is 11.2 Å². The molecule has 8 heteroatoms. The fraction of sp³-hybridized carbons (Fsp3) is 0.364. The highest BCUT2D eigenvalue weighted by Crippen LogP contribution is 2.23. The number of aromatic carboxylic acids is 1. The van der Waals surface area contributed by atoms with Crippen LogP contribution in [-0.4, -0.2) is 45.0 Å². The molecule has 1 atom stereocenters. The quantitative estimate of drug-likeness (QED) is 0.435. The Labute approximate surface area is 108 Å². The standard InChI is InChI=1S/C11H14N2O6/c1-11(17,6-14)5-12-7-2-3-8(10(15)16)9(4-7)13(18)19/h2-4,12,14,17H,5-6H2,1H3,(H,15,16). The molecule has 0 spiro atoms. The Morgan fingerprint density at radius 1 is 1.53 bits per heavy atom. The third kappa shape index (κ3) is 3.90. The van der Waals surface area contributed by atoms with Crippen LogP contribution in [0.25, 0.3) is 0 Å². The summed E-state index contributed by atoms with van der Waals surface area (Å²) in [6.07, 6.45) is 0. The lowest BCUT2D eigenvalue weighted by atomic mass is 10.1. The first kappa shape index (κ1) is 14.9. The average molecular weight is 270 g/mol. The van der Waals surface area contributed by atoms with E-state index in [1.54, 1.807) is 0 Å². The largest absolute Gasteiger partial charge is 0.477 e. The summed E-state index contributed by atoms with van der Waals surface area (Å²) in [5, 5.41) is 40.7. The molecule has 0 radical (unpaired) electrons. The predicted molar refractivity (Wildman–Crippen MR) is 66.3 cm³/mol. The third-order valence-corrected chi connectivity index (χ3v) is 2.44. The first-order valence-electron chi connectivity index (χ1n) is 5.36. The number of nitrogens with zero attached hydrogens (tertiary/aromatic N) is 1. The van der Waals surface area contributed by atoms with Crippen LogP contribution in [0, 0.1) is 10.1 Å². The van der Waals surface area contributed by atoms with Gasteiger partial charge in [-0.2, -0.15) is 0 Å². The highest BCUT2D eigenvalue weighted by Gasteiger charge is 2.22. The molecule has 0 saturated heterocycles. The Hall–Kier alpha value is -2.19. The summed E-state index contributed by atoms with van der Waals surface area (Å²) in [5.74, 6) is -1.39. The van der Waals surface area contributed by atoms with Crippen LogP contribution in [0.5, 0.6) is 0 Å². The second-order valence-corrected chi connectivity index (χ2v) is 4.30. The molecule has 8 nitrogen and oxygen atoms in total. The lowest BCUT2D eigenvalue weighted by molar-refractivity contribution is -0.385. The van der Waals surface area contributed by atoms with Crippen molar-refractivity contribution in [3.63, 3.8) is 0 Å². The molecule has 1 aromatic rings. The molecule has 0 heterocycles. The van der Waals surface area contributed by atoms with Crippen molar-refractivity contribution >= 4 is 17.3 Å². The van der Waals surface area contributed by atoms with Crippen LogP contribution in [0.2, 0.25) is 0 Å². The van der Waals surface area contributed by atoms with Crippen molar-refractivity contribution in [1.82, 2.24) is 0 Å². The summed E-state index contributed by atoms with van der Waals surface area (Å²) in [7, 11) is 0. The monoisotopic (exact) mass is 270 g/mol. The molecule has 1 unspecified atom stereocenters. The number of anilines is 1. The van der Waals surface area contributed by atoms with Gasteiger partial charge in [0.2, 0.25) is 0 Å². The maximum Gasteiger partial charge on any atom is 0.342 e. The number of nitro benzene ring substituents is 1. The zero-order chi connectivity index (χ0) is 14.6. The summed E-state index contributed by atoms with van der Waals surface area (Å²) in [6.45, 7) is 0.877. The highest BCUT2D eigenvalue weighted by molar-refractivity contribution is 5.93. The normalized spacial score (nSPS) is 13.6. The number of aliphatic hydroxyl groups is 2.